The number of fused-ring (bicyclic) bond motifs is 1. The summed E-state index contributed by atoms with van der Waals surface area (Å²) in [7, 11) is 0. The Morgan fingerprint density at radius 2 is 1.86 bits per heavy atom. The van der Waals surface area contributed by atoms with Crippen LogP contribution in [0.2, 0.25) is 0 Å². The Kier molecular flexibility index (Phi) is 3.03. The van der Waals surface area contributed by atoms with Gasteiger partial charge in [0.25, 0.3) is 0 Å². The van der Waals surface area contributed by atoms with Crippen LogP contribution < -0.4 is 4.74 Å². The van der Waals surface area contributed by atoms with E-state index in [1.165, 1.54) is 11.1 Å². The van der Waals surface area contributed by atoms with Gasteiger partial charge in [-0.15, -0.1) is 0 Å². The van der Waals surface area contributed by atoms with Crippen LogP contribution in [0.15, 0.2) is 48.5 Å². The molecule has 0 heterocycles. The molecule has 0 aromatic heterocycles. The highest BCUT2D eigenvalue weighted by Gasteiger charge is 2.29. The van der Waals surface area contributed by atoms with E-state index >= 15 is 0 Å². The van der Waals surface area contributed by atoms with Crippen LogP contribution in [-0.4, -0.2) is 11.9 Å². The summed E-state index contributed by atoms with van der Waals surface area (Å²) in [5.74, 6) is 1.06. The van der Waals surface area contributed by atoms with Crippen LogP contribution in [0.25, 0.3) is 0 Å². The lowest BCUT2D eigenvalue weighted by Crippen LogP contribution is -2.10. The van der Waals surface area contributed by atoms with Crippen molar-refractivity contribution in [2.75, 3.05) is 0 Å². The molecular weight excluding hydrogens is 260 g/mol. The van der Waals surface area contributed by atoms with Crippen molar-refractivity contribution in [2.45, 2.75) is 37.7 Å². The molecule has 2 aromatic carbocycles. The first kappa shape index (κ1) is 12.6. The van der Waals surface area contributed by atoms with E-state index < -0.39 is 0 Å². The third-order valence-corrected chi connectivity index (χ3v) is 4.40. The second-order valence-corrected chi connectivity index (χ2v) is 6.00. The monoisotopic (exact) mass is 278 g/mol. The predicted molar refractivity (Wildman–Crippen MR) is 81.9 cm³/mol. The molecule has 2 aromatic rings. The first-order valence-corrected chi connectivity index (χ1v) is 7.70. The molecule has 21 heavy (non-hydrogen) atoms. The van der Waals surface area contributed by atoms with Crippen LogP contribution in [-0.2, 0) is 6.42 Å². The van der Waals surface area contributed by atoms with Crippen molar-refractivity contribution in [3.05, 3.63) is 65.2 Å². The number of carbonyl (C=O) groups is 1. The number of aryl methyl sites for hydroxylation is 1. The minimum Gasteiger partial charge on any atom is -0.490 e. The lowest BCUT2D eigenvalue weighted by atomic mass is 9.92. The van der Waals surface area contributed by atoms with Crippen molar-refractivity contribution >= 4 is 5.78 Å². The Labute approximate surface area is 124 Å². The molecule has 1 unspecified atom stereocenters. The molecule has 2 heteroatoms. The molecule has 0 saturated heterocycles. The summed E-state index contributed by atoms with van der Waals surface area (Å²) in [6, 6.07) is 16.0. The molecule has 2 nitrogen and oxygen atoms in total. The Balaban J connectivity index is 1.60. The van der Waals surface area contributed by atoms with Gasteiger partial charge in [0.1, 0.15) is 5.75 Å². The highest BCUT2D eigenvalue weighted by Crippen LogP contribution is 2.36. The predicted octanol–water partition coefficient (Wildman–Crippen LogP) is 4.14. The number of rotatable bonds is 4. The molecule has 0 radical (unpaired) electrons. The van der Waals surface area contributed by atoms with Crippen LogP contribution in [0.1, 0.15) is 46.7 Å². The van der Waals surface area contributed by atoms with E-state index in [4.69, 9.17) is 4.74 Å². The summed E-state index contributed by atoms with van der Waals surface area (Å²) >= 11 is 0. The molecule has 0 spiro atoms. The zero-order chi connectivity index (χ0) is 14.2. The summed E-state index contributed by atoms with van der Waals surface area (Å²) in [6.07, 6.45) is 4.56. The first-order valence-electron chi connectivity index (χ1n) is 7.70. The molecule has 2 aliphatic carbocycles. The zero-order valence-electron chi connectivity index (χ0n) is 11.9. The number of benzene rings is 2. The SMILES string of the molecule is O=C(c1cccc(OC2CC2)c1)C1CCc2ccccc21. The number of carbonyl (C=O) groups excluding carboxylic acids is 1. The van der Waals surface area contributed by atoms with Gasteiger partial charge in [-0.3, -0.25) is 4.79 Å². The standard InChI is InChI=1S/C19H18O2/c20-19(18-11-8-13-4-1-2-7-17(13)18)14-5-3-6-16(12-14)21-15-9-10-15/h1-7,12,15,18H,8-11H2. The third-order valence-electron chi connectivity index (χ3n) is 4.40. The van der Waals surface area contributed by atoms with Gasteiger partial charge >= 0.3 is 0 Å². The number of hydrogen-bond acceptors (Lipinski definition) is 2. The Morgan fingerprint density at radius 3 is 2.71 bits per heavy atom. The fourth-order valence-corrected chi connectivity index (χ4v) is 3.13. The van der Waals surface area contributed by atoms with Crippen molar-refractivity contribution in [2.24, 2.45) is 0 Å². The second-order valence-electron chi connectivity index (χ2n) is 6.00. The average molecular weight is 278 g/mol. The maximum Gasteiger partial charge on any atom is 0.170 e. The van der Waals surface area contributed by atoms with Gasteiger partial charge in [0, 0.05) is 11.5 Å². The molecule has 1 fully saturated rings. The van der Waals surface area contributed by atoms with E-state index in [1.54, 1.807) is 0 Å². The molecule has 0 bridgehead atoms. The quantitative estimate of drug-likeness (QED) is 0.786. The molecule has 0 N–H and O–H groups in total. The maximum absolute atomic E-state index is 12.8. The number of ketones is 1. The van der Waals surface area contributed by atoms with E-state index in [0.29, 0.717) is 6.10 Å². The summed E-state index contributed by atoms with van der Waals surface area (Å²) < 4.78 is 5.80. The maximum atomic E-state index is 12.8. The Hall–Kier alpha value is -2.09. The van der Waals surface area contributed by atoms with Gasteiger partial charge in [-0.2, -0.15) is 0 Å². The summed E-state index contributed by atoms with van der Waals surface area (Å²) in [5.41, 5.74) is 3.30. The van der Waals surface area contributed by atoms with Gasteiger partial charge in [-0.1, -0.05) is 36.4 Å². The topological polar surface area (TPSA) is 26.3 Å². The van der Waals surface area contributed by atoms with Crippen molar-refractivity contribution in [3.8, 4) is 5.75 Å². The zero-order valence-corrected chi connectivity index (χ0v) is 11.9. The van der Waals surface area contributed by atoms with E-state index in [0.717, 1.165) is 37.0 Å². The van der Waals surface area contributed by atoms with Crippen molar-refractivity contribution < 1.29 is 9.53 Å². The minimum absolute atomic E-state index is 0.0115. The van der Waals surface area contributed by atoms with Crippen LogP contribution in [0.4, 0.5) is 0 Å². The van der Waals surface area contributed by atoms with E-state index in [1.807, 2.05) is 30.3 Å². The Bertz CT molecular complexity index is 685. The number of ether oxygens (including phenoxy) is 1. The van der Waals surface area contributed by atoms with E-state index in [-0.39, 0.29) is 11.7 Å². The highest BCUT2D eigenvalue weighted by atomic mass is 16.5. The van der Waals surface area contributed by atoms with Gasteiger partial charge in [-0.25, -0.2) is 0 Å². The van der Waals surface area contributed by atoms with Gasteiger partial charge in [-0.05, 0) is 48.9 Å². The fraction of sp³-hybridized carbons (Fsp3) is 0.316. The largest absolute Gasteiger partial charge is 0.490 e. The smallest absolute Gasteiger partial charge is 0.170 e. The molecule has 2 aliphatic rings. The van der Waals surface area contributed by atoms with E-state index in [2.05, 4.69) is 18.2 Å². The fourth-order valence-electron chi connectivity index (χ4n) is 3.13. The van der Waals surface area contributed by atoms with Crippen molar-refractivity contribution in [3.63, 3.8) is 0 Å². The third kappa shape index (κ3) is 2.46. The van der Waals surface area contributed by atoms with Crippen LogP contribution in [0, 0.1) is 0 Å². The Morgan fingerprint density at radius 1 is 1.00 bits per heavy atom. The van der Waals surface area contributed by atoms with Crippen molar-refractivity contribution in [1.82, 2.24) is 0 Å². The lowest BCUT2D eigenvalue weighted by Gasteiger charge is -2.12. The summed E-state index contributed by atoms with van der Waals surface area (Å²) in [5, 5.41) is 0. The molecule has 0 aliphatic heterocycles. The second kappa shape index (κ2) is 5.03. The molecule has 4 rings (SSSR count). The lowest BCUT2D eigenvalue weighted by molar-refractivity contribution is 0.0959. The van der Waals surface area contributed by atoms with Gasteiger partial charge in [0.05, 0.1) is 6.10 Å². The van der Waals surface area contributed by atoms with E-state index in [9.17, 15) is 4.79 Å². The van der Waals surface area contributed by atoms with Crippen molar-refractivity contribution in [1.29, 1.82) is 0 Å². The van der Waals surface area contributed by atoms with Gasteiger partial charge in [0.15, 0.2) is 5.78 Å². The number of hydrogen-bond donors (Lipinski definition) is 0. The molecular formula is C19H18O2. The average Bonchev–Trinajstić information content (AvgIpc) is 3.23. The van der Waals surface area contributed by atoms with Crippen LogP contribution in [0.3, 0.4) is 0 Å². The van der Waals surface area contributed by atoms with Gasteiger partial charge < -0.3 is 4.74 Å². The van der Waals surface area contributed by atoms with Crippen LogP contribution >= 0.6 is 0 Å². The highest BCUT2D eigenvalue weighted by molar-refractivity contribution is 6.01. The molecule has 0 amide bonds. The normalized spacial score (nSPS) is 20.1. The first-order chi connectivity index (χ1) is 10.3. The summed E-state index contributed by atoms with van der Waals surface area (Å²) in [6.45, 7) is 0. The van der Waals surface area contributed by atoms with Gasteiger partial charge in [0.2, 0.25) is 0 Å². The summed E-state index contributed by atoms with van der Waals surface area (Å²) in [4.78, 5) is 12.8. The molecule has 1 saturated carbocycles. The molecule has 1 atom stereocenters. The number of Topliss-reactive ketones (excluding diaryl/α,β-unsaturated/α-hetero) is 1. The molecule has 106 valence electrons. The minimum atomic E-state index is 0.0115. The van der Waals surface area contributed by atoms with Crippen LogP contribution in [0.5, 0.6) is 5.75 Å².